The fourth-order valence-corrected chi connectivity index (χ4v) is 6.69. The van der Waals surface area contributed by atoms with E-state index < -0.39 is 10.2 Å². The minimum atomic E-state index is -3.68. The summed E-state index contributed by atoms with van der Waals surface area (Å²) in [7, 11) is -3.68. The summed E-state index contributed by atoms with van der Waals surface area (Å²) < 4.78 is 37.3. The van der Waals surface area contributed by atoms with Crippen molar-refractivity contribution in [2.75, 3.05) is 26.2 Å². The topological polar surface area (TPSA) is 97.6 Å². The Morgan fingerprint density at radius 2 is 1.90 bits per heavy atom. The van der Waals surface area contributed by atoms with Crippen LogP contribution in [-0.4, -0.2) is 64.0 Å². The predicted octanol–water partition coefficient (Wildman–Crippen LogP) is 1.66. The van der Waals surface area contributed by atoms with Crippen LogP contribution >= 0.6 is 0 Å². The Hall–Kier alpha value is -1.52. The molecule has 0 N–H and O–H groups in total. The lowest BCUT2D eigenvalue weighted by molar-refractivity contribution is -0.149. The van der Waals surface area contributed by atoms with Gasteiger partial charge in [0.15, 0.2) is 5.82 Å². The number of ether oxygens (including phenoxy) is 1. The first-order chi connectivity index (χ1) is 14.0. The number of rotatable bonds is 5. The number of aromatic nitrogens is 3. The van der Waals surface area contributed by atoms with Crippen LogP contribution in [0.1, 0.15) is 69.6 Å². The molecule has 0 aromatic carbocycles. The summed E-state index contributed by atoms with van der Waals surface area (Å²) in [4.78, 5) is 12.2. The third-order valence-electron chi connectivity index (χ3n) is 6.27. The summed E-state index contributed by atoms with van der Waals surface area (Å²) in [6.07, 6.45) is 7.15. The van der Waals surface area contributed by atoms with E-state index in [1.165, 1.54) is 10.7 Å². The van der Waals surface area contributed by atoms with Crippen LogP contribution in [0.3, 0.4) is 0 Å². The first-order valence-electron chi connectivity index (χ1n) is 10.9. The molecule has 10 heteroatoms. The number of hydrogen-bond donors (Lipinski definition) is 0. The van der Waals surface area contributed by atoms with Crippen LogP contribution in [0.2, 0.25) is 0 Å². The van der Waals surface area contributed by atoms with Gasteiger partial charge in [0, 0.05) is 32.6 Å². The quantitative estimate of drug-likeness (QED) is 0.666. The van der Waals surface area contributed by atoms with Crippen molar-refractivity contribution < 1.29 is 17.9 Å². The fraction of sp³-hybridized carbons (Fsp3) is 0.842. The third-order valence-corrected chi connectivity index (χ3v) is 8.28. The fourth-order valence-electron chi connectivity index (χ4n) is 4.78. The van der Waals surface area contributed by atoms with Crippen molar-refractivity contribution in [3.8, 4) is 0 Å². The van der Waals surface area contributed by atoms with Crippen molar-refractivity contribution >= 4 is 16.2 Å². The van der Waals surface area contributed by atoms with Crippen LogP contribution in [0.15, 0.2) is 0 Å². The molecule has 162 valence electrons. The van der Waals surface area contributed by atoms with E-state index in [4.69, 9.17) is 4.74 Å². The zero-order valence-electron chi connectivity index (χ0n) is 17.1. The molecule has 0 radical (unpaired) electrons. The minimum absolute atomic E-state index is 0.197. The maximum absolute atomic E-state index is 13.5. The van der Waals surface area contributed by atoms with Crippen molar-refractivity contribution in [1.82, 2.24) is 23.4 Å². The van der Waals surface area contributed by atoms with E-state index in [1.807, 2.05) is 0 Å². The first kappa shape index (κ1) is 20.7. The second-order valence-corrected chi connectivity index (χ2v) is 10.0. The summed E-state index contributed by atoms with van der Waals surface area (Å²) in [5, 5.41) is 8.77. The number of aryl methyl sites for hydroxylation is 1. The summed E-state index contributed by atoms with van der Waals surface area (Å²) >= 11 is 0. The molecule has 9 nitrogen and oxygen atoms in total. The number of nitrogens with zero attached hydrogens (tertiary/aromatic N) is 5. The molecule has 2 fully saturated rings. The van der Waals surface area contributed by atoms with E-state index in [-0.39, 0.29) is 24.5 Å². The van der Waals surface area contributed by atoms with Gasteiger partial charge in [-0.1, -0.05) is 6.42 Å². The molecule has 0 saturated carbocycles. The highest BCUT2D eigenvalue weighted by Crippen LogP contribution is 2.36. The molecular weight excluding hydrogens is 394 g/mol. The standard InChI is InChI=1S/C19H31N5O4S/c1-2-28-19(25)15-8-6-11-22(14-15)29(26,27)24-13-7-9-16(24)18-21-20-17-10-4-3-5-12-23(17)18/h15-16H,2-14H2,1H3/t15-,16-/m1/s1. The lowest BCUT2D eigenvalue weighted by Crippen LogP contribution is -2.49. The van der Waals surface area contributed by atoms with Gasteiger partial charge in [0.1, 0.15) is 5.82 Å². The van der Waals surface area contributed by atoms with Crippen LogP contribution < -0.4 is 0 Å². The van der Waals surface area contributed by atoms with E-state index in [0.717, 1.165) is 50.3 Å². The largest absolute Gasteiger partial charge is 0.466 e. The first-order valence-corrected chi connectivity index (χ1v) is 12.3. The molecule has 29 heavy (non-hydrogen) atoms. The van der Waals surface area contributed by atoms with E-state index in [0.29, 0.717) is 32.5 Å². The Bertz CT molecular complexity index is 840. The zero-order valence-corrected chi connectivity index (χ0v) is 17.9. The minimum Gasteiger partial charge on any atom is -0.466 e. The Morgan fingerprint density at radius 3 is 2.72 bits per heavy atom. The molecular formula is C19H31N5O4S. The number of carbonyl (C=O) groups excluding carboxylic acids is 1. The van der Waals surface area contributed by atoms with Gasteiger partial charge in [-0.25, -0.2) is 0 Å². The van der Waals surface area contributed by atoms with Gasteiger partial charge in [-0.3, -0.25) is 4.79 Å². The lowest BCUT2D eigenvalue weighted by Gasteiger charge is -2.35. The van der Waals surface area contributed by atoms with E-state index in [9.17, 15) is 13.2 Å². The summed E-state index contributed by atoms with van der Waals surface area (Å²) in [5.41, 5.74) is 0. The third kappa shape index (κ3) is 4.06. The van der Waals surface area contributed by atoms with Gasteiger partial charge >= 0.3 is 5.97 Å². The molecule has 2 saturated heterocycles. The summed E-state index contributed by atoms with van der Waals surface area (Å²) in [5.74, 6) is 1.07. The van der Waals surface area contributed by atoms with E-state index in [1.54, 1.807) is 11.2 Å². The van der Waals surface area contributed by atoms with E-state index >= 15 is 0 Å². The molecule has 0 unspecified atom stereocenters. The number of piperidine rings is 1. The van der Waals surface area contributed by atoms with Crippen LogP contribution in [0.25, 0.3) is 0 Å². The Morgan fingerprint density at radius 1 is 1.07 bits per heavy atom. The molecule has 1 aromatic heterocycles. The molecule has 2 atom stereocenters. The lowest BCUT2D eigenvalue weighted by atomic mass is 10.0. The normalized spacial score (nSPS) is 26.8. The van der Waals surface area contributed by atoms with Crippen LogP contribution in [0.4, 0.5) is 0 Å². The van der Waals surface area contributed by atoms with Gasteiger partial charge in [-0.2, -0.15) is 17.0 Å². The molecule has 0 aliphatic carbocycles. The SMILES string of the molecule is CCOC(=O)[C@@H]1CCCN(S(=O)(=O)N2CCC[C@@H]2c2nnc3n2CCCCC3)C1. The van der Waals surface area contributed by atoms with Crippen molar-refractivity contribution in [2.45, 2.75) is 70.9 Å². The highest BCUT2D eigenvalue weighted by molar-refractivity contribution is 7.86. The molecule has 0 bridgehead atoms. The Labute approximate surface area is 172 Å². The molecule has 4 rings (SSSR count). The average Bonchev–Trinajstić information content (AvgIpc) is 3.30. The monoisotopic (exact) mass is 425 g/mol. The van der Waals surface area contributed by atoms with Crippen molar-refractivity contribution in [3.63, 3.8) is 0 Å². The van der Waals surface area contributed by atoms with Gasteiger partial charge in [0.2, 0.25) is 0 Å². The van der Waals surface area contributed by atoms with Gasteiger partial charge in [-0.05, 0) is 45.4 Å². The molecule has 4 heterocycles. The van der Waals surface area contributed by atoms with Crippen LogP contribution in [0, 0.1) is 5.92 Å². The smallest absolute Gasteiger partial charge is 0.310 e. The summed E-state index contributed by atoms with van der Waals surface area (Å²) in [6, 6.07) is -0.276. The summed E-state index contributed by atoms with van der Waals surface area (Å²) in [6.45, 7) is 4.06. The maximum atomic E-state index is 13.5. The zero-order chi connectivity index (χ0) is 20.4. The van der Waals surface area contributed by atoms with Crippen molar-refractivity contribution in [2.24, 2.45) is 5.92 Å². The second-order valence-electron chi connectivity index (χ2n) is 8.16. The van der Waals surface area contributed by atoms with Gasteiger partial charge in [-0.15, -0.1) is 10.2 Å². The molecule has 3 aliphatic rings. The van der Waals surface area contributed by atoms with Gasteiger partial charge in [0.25, 0.3) is 10.2 Å². The molecule has 3 aliphatic heterocycles. The number of fused-ring (bicyclic) bond motifs is 1. The van der Waals surface area contributed by atoms with Crippen molar-refractivity contribution in [1.29, 1.82) is 0 Å². The van der Waals surface area contributed by atoms with E-state index in [2.05, 4.69) is 14.8 Å². The van der Waals surface area contributed by atoms with Crippen LogP contribution in [-0.2, 0) is 32.7 Å². The highest BCUT2D eigenvalue weighted by Gasteiger charge is 2.43. The Kier molecular flexibility index (Phi) is 6.21. The van der Waals surface area contributed by atoms with Crippen molar-refractivity contribution in [3.05, 3.63) is 11.6 Å². The van der Waals surface area contributed by atoms with Gasteiger partial charge in [0.05, 0.1) is 18.6 Å². The van der Waals surface area contributed by atoms with Gasteiger partial charge < -0.3 is 9.30 Å². The number of esters is 1. The molecule has 0 spiro atoms. The highest BCUT2D eigenvalue weighted by atomic mass is 32.2. The van der Waals surface area contributed by atoms with Crippen LogP contribution in [0.5, 0.6) is 0 Å². The number of carbonyl (C=O) groups is 1. The molecule has 0 amide bonds. The predicted molar refractivity (Wildman–Crippen MR) is 106 cm³/mol. The second kappa shape index (κ2) is 8.69. The Balaban J connectivity index is 1.55. The molecule has 1 aromatic rings. The average molecular weight is 426 g/mol. The number of hydrogen-bond acceptors (Lipinski definition) is 6. The maximum Gasteiger partial charge on any atom is 0.310 e.